The minimum Gasteiger partial charge on any atom is -0.351 e. The summed E-state index contributed by atoms with van der Waals surface area (Å²) >= 11 is 0. The Morgan fingerprint density at radius 1 is 1.50 bits per heavy atom. The summed E-state index contributed by atoms with van der Waals surface area (Å²) in [6.07, 6.45) is 2.72. The maximum absolute atomic E-state index is 11.8. The maximum Gasteiger partial charge on any atom is 0.267 e. The van der Waals surface area contributed by atoms with Crippen LogP contribution in [0.5, 0.6) is 0 Å². The van der Waals surface area contributed by atoms with E-state index >= 15 is 0 Å². The topological polar surface area (TPSA) is 60.0 Å². The molecule has 0 aliphatic rings. The molecule has 3 N–H and O–H groups in total. The lowest BCUT2D eigenvalue weighted by Gasteiger charge is -2.13. The van der Waals surface area contributed by atoms with Gasteiger partial charge in [-0.25, -0.2) is 0 Å². The summed E-state index contributed by atoms with van der Waals surface area (Å²) in [4.78, 5) is 11.8. The van der Waals surface area contributed by atoms with Crippen LogP contribution in [0.1, 0.15) is 43.7 Å². The van der Waals surface area contributed by atoms with E-state index in [4.69, 9.17) is 5.73 Å². The van der Waals surface area contributed by atoms with E-state index in [-0.39, 0.29) is 11.9 Å². The molecule has 1 heterocycles. The SMILES string of the molecule is CC(N)CCNC(=O)c1cccn1C(C)C. The molecule has 0 fully saturated rings. The molecule has 4 nitrogen and oxygen atoms in total. The molecule has 16 heavy (non-hydrogen) atoms. The fourth-order valence-electron chi connectivity index (χ4n) is 1.54. The van der Waals surface area contributed by atoms with Crippen molar-refractivity contribution in [3.8, 4) is 0 Å². The van der Waals surface area contributed by atoms with Gasteiger partial charge in [-0.1, -0.05) is 0 Å². The van der Waals surface area contributed by atoms with E-state index in [2.05, 4.69) is 19.2 Å². The van der Waals surface area contributed by atoms with Gasteiger partial charge in [-0.3, -0.25) is 4.79 Å². The Hall–Kier alpha value is -1.29. The molecule has 0 saturated heterocycles. The number of hydrogen-bond donors (Lipinski definition) is 2. The van der Waals surface area contributed by atoms with Crippen molar-refractivity contribution in [2.24, 2.45) is 5.73 Å². The van der Waals surface area contributed by atoms with Crippen molar-refractivity contribution in [1.29, 1.82) is 0 Å². The number of hydrogen-bond acceptors (Lipinski definition) is 2. The minimum absolute atomic E-state index is 0.0284. The molecular weight excluding hydrogens is 202 g/mol. The predicted octanol–water partition coefficient (Wildman–Crippen LogP) is 1.54. The Morgan fingerprint density at radius 3 is 2.75 bits per heavy atom. The molecule has 1 atom stereocenters. The van der Waals surface area contributed by atoms with E-state index in [0.29, 0.717) is 18.3 Å². The van der Waals surface area contributed by atoms with Crippen LogP contribution in [0.15, 0.2) is 18.3 Å². The van der Waals surface area contributed by atoms with Gasteiger partial charge >= 0.3 is 0 Å². The van der Waals surface area contributed by atoms with Gasteiger partial charge < -0.3 is 15.6 Å². The van der Waals surface area contributed by atoms with Crippen molar-refractivity contribution in [3.05, 3.63) is 24.0 Å². The second-order valence-electron chi connectivity index (χ2n) is 4.42. The van der Waals surface area contributed by atoms with Gasteiger partial charge in [0.1, 0.15) is 5.69 Å². The molecule has 1 aromatic heterocycles. The van der Waals surface area contributed by atoms with Crippen LogP contribution in [0.2, 0.25) is 0 Å². The first kappa shape index (κ1) is 12.8. The predicted molar refractivity (Wildman–Crippen MR) is 65.4 cm³/mol. The van der Waals surface area contributed by atoms with Crippen LogP contribution >= 0.6 is 0 Å². The number of amides is 1. The minimum atomic E-state index is -0.0284. The van der Waals surface area contributed by atoms with Crippen LogP contribution in [-0.2, 0) is 0 Å². The third-order valence-corrected chi connectivity index (χ3v) is 2.45. The molecule has 0 aromatic carbocycles. The Kier molecular flexibility index (Phi) is 4.55. The summed E-state index contributed by atoms with van der Waals surface area (Å²) in [7, 11) is 0. The van der Waals surface area contributed by atoms with Crippen molar-refractivity contribution >= 4 is 5.91 Å². The van der Waals surface area contributed by atoms with Crippen LogP contribution in [-0.4, -0.2) is 23.1 Å². The molecule has 1 unspecified atom stereocenters. The van der Waals surface area contributed by atoms with Gasteiger partial charge in [-0.15, -0.1) is 0 Å². The van der Waals surface area contributed by atoms with Gasteiger partial charge in [-0.05, 0) is 39.3 Å². The van der Waals surface area contributed by atoms with Crippen LogP contribution in [0.25, 0.3) is 0 Å². The van der Waals surface area contributed by atoms with E-state index in [1.54, 1.807) is 0 Å². The summed E-state index contributed by atoms with van der Waals surface area (Å²) < 4.78 is 1.96. The molecule has 90 valence electrons. The lowest BCUT2D eigenvalue weighted by Crippen LogP contribution is -2.30. The molecule has 0 bridgehead atoms. The molecular formula is C12H21N3O. The fraction of sp³-hybridized carbons (Fsp3) is 0.583. The van der Waals surface area contributed by atoms with E-state index in [1.807, 2.05) is 29.8 Å². The Balaban J connectivity index is 2.56. The van der Waals surface area contributed by atoms with Crippen molar-refractivity contribution in [1.82, 2.24) is 9.88 Å². The molecule has 0 radical (unpaired) electrons. The van der Waals surface area contributed by atoms with Crippen molar-refractivity contribution in [2.75, 3.05) is 6.54 Å². The van der Waals surface area contributed by atoms with E-state index in [1.165, 1.54) is 0 Å². The molecule has 1 rings (SSSR count). The second kappa shape index (κ2) is 5.70. The molecule has 0 saturated carbocycles. The van der Waals surface area contributed by atoms with Crippen LogP contribution in [0, 0.1) is 0 Å². The first-order valence-corrected chi connectivity index (χ1v) is 5.73. The standard InChI is InChI=1S/C12H21N3O/c1-9(2)15-8-4-5-11(15)12(16)14-7-6-10(3)13/h4-5,8-10H,6-7,13H2,1-3H3,(H,14,16). The quantitative estimate of drug-likeness (QED) is 0.795. The zero-order chi connectivity index (χ0) is 12.1. The summed E-state index contributed by atoms with van der Waals surface area (Å²) in [5.41, 5.74) is 6.33. The number of carbonyl (C=O) groups excluding carboxylic acids is 1. The van der Waals surface area contributed by atoms with Crippen LogP contribution in [0.3, 0.4) is 0 Å². The summed E-state index contributed by atoms with van der Waals surface area (Å²) in [6.45, 7) is 6.67. The zero-order valence-electron chi connectivity index (χ0n) is 10.2. The number of aromatic nitrogens is 1. The Bertz CT molecular complexity index is 342. The number of nitrogens with zero attached hydrogens (tertiary/aromatic N) is 1. The third kappa shape index (κ3) is 3.38. The summed E-state index contributed by atoms with van der Waals surface area (Å²) in [6, 6.07) is 4.14. The average Bonchev–Trinajstić information content (AvgIpc) is 2.65. The highest BCUT2D eigenvalue weighted by Gasteiger charge is 2.11. The lowest BCUT2D eigenvalue weighted by molar-refractivity contribution is 0.0942. The number of nitrogens with two attached hydrogens (primary N) is 1. The van der Waals surface area contributed by atoms with Crippen LogP contribution < -0.4 is 11.1 Å². The van der Waals surface area contributed by atoms with Crippen molar-refractivity contribution in [3.63, 3.8) is 0 Å². The summed E-state index contributed by atoms with van der Waals surface area (Å²) in [5.74, 6) is -0.0284. The number of carbonyl (C=O) groups is 1. The first-order valence-electron chi connectivity index (χ1n) is 5.73. The van der Waals surface area contributed by atoms with Gasteiger partial charge in [0.2, 0.25) is 0 Å². The normalized spacial score (nSPS) is 12.8. The van der Waals surface area contributed by atoms with Gasteiger partial charge in [0, 0.05) is 24.8 Å². The molecule has 1 amide bonds. The van der Waals surface area contributed by atoms with Gasteiger partial charge in [0.25, 0.3) is 5.91 Å². The van der Waals surface area contributed by atoms with Crippen molar-refractivity contribution < 1.29 is 4.79 Å². The lowest BCUT2D eigenvalue weighted by atomic mass is 10.2. The molecule has 0 spiro atoms. The number of rotatable bonds is 5. The summed E-state index contributed by atoms with van der Waals surface area (Å²) in [5, 5.41) is 2.87. The van der Waals surface area contributed by atoms with Crippen LogP contribution in [0.4, 0.5) is 0 Å². The van der Waals surface area contributed by atoms with Gasteiger partial charge in [-0.2, -0.15) is 0 Å². The molecule has 4 heteroatoms. The Morgan fingerprint density at radius 2 is 2.19 bits per heavy atom. The van der Waals surface area contributed by atoms with E-state index in [0.717, 1.165) is 6.42 Å². The van der Waals surface area contributed by atoms with Crippen molar-refractivity contribution in [2.45, 2.75) is 39.3 Å². The number of nitrogens with one attached hydrogen (secondary N) is 1. The molecule has 0 aliphatic heterocycles. The monoisotopic (exact) mass is 223 g/mol. The Labute approximate surface area is 96.8 Å². The highest BCUT2D eigenvalue weighted by molar-refractivity contribution is 5.92. The van der Waals surface area contributed by atoms with E-state index in [9.17, 15) is 4.79 Å². The van der Waals surface area contributed by atoms with Gasteiger partial charge in [0.15, 0.2) is 0 Å². The zero-order valence-corrected chi connectivity index (χ0v) is 10.2. The fourth-order valence-corrected chi connectivity index (χ4v) is 1.54. The first-order chi connectivity index (χ1) is 7.52. The third-order valence-electron chi connectivity index (χ3n) is 2.45. The molecule has 1 aromatic rings. The second-order valence-corrected chi connectivity index (χ2v) is 4.42. The largest absolute Gasteiger partial charge is 0.351 e. The van der Waals surface area contributed by atoms with Gasteiger partial charge in [0.05, 0.1) is 0 Å². The smallest absolute Gasteiger partial charge is 0.267 e. The average molecular weight is 223 g/mol. The highest BCUT2D eigenvalue weighted by Crippen LogP contribution is 2.10. The highest BCUT2D eigenvalue weighted by atomic mass is 16.1. The van der Waals surface area contributed by atoms with E-state index < -0.39 is 0 Å². The maximum atomic E-state index is 11.8. The molecule has 0 aliphatic carbocycles.